The molecule has 0 fully saturated rings. The molecule has 1 N–H and O–H groups in total. The summed E-state index contributed by atoms with van der Waals surface area (Å²) in [5.74, 6) is -1.29. The highest BCUT2D eigenvalue weighted by molar-refractivity contribution is 5.87. The third-order valence-electron chi connectivity index (χ3n) is 1.81. The quantitative estimate of drug-likeness (QED) is 0.385. The molecule has 0 radical (unpaired) electrons. The summed E-state index contributed by atoms with van der Waals surface area (Å²) in [4.78, 5) is 10.6. The van der Waals surface area contributed by atoms with Gasteiger partial charge in [0.25, 0.3) is 0 Å². The van der Waals surface area contributed by atoms with E-state index in [1.807, 2.05) is 0 Å². The highest BCUT2D eigenvalue weighted by Crippen LogP contribution is 2.22. The fraction of sp³-hybridized carbons (Fsp3) is 0.182. The van der Waals surface area contributed by atoms with E-state index < -0.39 is 5.97 Å². The van der Waals surface area contributed by atoms with Crippen molar-refractivity contribution in [2.45, 2.75) is 6.42 Å². The molecule has 2 heteroatoms. The first-order valence-electron chi connectivity index (χ1n) is 3.88. The summed E-state index contributed by atoms with van der Waals surface area (Å²) in [6, 6.07) is 0. The van der Waals surface area contributed by atoms with Gasteiger partial charge in [-0.05, 0) is 12.0 Å². The van der Waals surface area contributed by atoms with Gasteiger partial charge in [0.1, 0.15) is 0 Å². The maximum atomic E-state index is 10.6. The smallest absolute Gasteiger partial charge is 0.331 e. The van der Waals surface area contributed by atoms with Crippen LogP contribution in [0.15, 0.2) is 49.6 Å². The average molecular weight is 178 g/mol. The van der Waals surface area contributed by atoms with Gasteiger partial charge in [-0.1, -0.05) is 31.9 Å². The number of carboxylic acids is 1. The number of rotatable bonds is 6. The molecule has 0 heterocycles. The molecule has 0 saturated heterocycles. The van der Waals surface area contributed by atoms with Gasteiger partial charge < -0.3 is 5.11 Å². The molecule has 0 aliphatic carbocycles. The Kier molecular flexibility index (Phi) is 4.52. The summed E-state index contributed by atoms with van der Waals surface area (Å²) >= 11 is 0. The van der Waals surface area contributed by atoms with E-state index in [1.165, 1.54) is 0 Å². The molecule has 0 aliphatic heterocycles. The lowest BCUT2D eigenvalue weighted by atomic mass is 9.90. The van der Waals surface area contributed by atoms with E-state index in [9.17, 15) is 4.79 Å². The Morgan fingerprint density at radius 2 is 1.92 bits per heavy atom. The molecule has 0 aromatic carbocycles. The molecule has 0 bridgehead atoms. The maximum absolute atomic E-state index is 10.6. The largest absolute Gasteiger partial charge is 0.478 e. The van der Waals surface area contributed by atoms with Gasteiger partial charge in [-0.2, -0.15) is 0 Å². The lowest BCUT2D eigenvalue weighted by molar-refractivity contribution is -0.133. The second kappa shape index (κ2) is 5.14. The van der Waals surface area contributed by atoms with Crippen LogP contribution < -0.4 is 0 Å². The Bertz CT molecular complexity index is 261. The van der Waals surface area contributed by atoms with E-state index in [-0.39, 0.29) is 11.5 Å². The highest BCUT2D eigenvalue weighted by atomic mass is 16.4. The molecule has 0 rings (SSSR count). The van der Waals surface area contributed by atoms with Crippen LogP contribution in [0.3, 0.4) is 0 Å². The van der Waals surface area contributed by atoms with Gasteiger partial charge in [0, 0.05) is 11.5 Å². The van der Waals surface area contributed by atoms with E-state index >= 15 is 0 Å². The van der Waals surface area contributed by atoms with Crippen LogP contribution >= 0.6 is 0 Å². The van der Waals surface area contributed by atoms with Crippen molar-refractivity contribution in [3.8, 4) is 0 Å². The van der Waals surface area contributed by atoms with E-state index in [1.54, 1.807) is 12.2 Å². The Labute approximate surface area is 78.6 Å². The molecule has 0 spiro atoms. The van der Waals surface area contributed by atoms with Crippen LogP contribution in [0.4, 0.5) is 0 Å². The van der Waals surface area contributed by atoms with Crippen molar-refractivity contribution in [2.75, 3.05) is 0 Å². The Hall–Kier alpha value is -1.57. The van der Waals surface area contributed by atoms with Crippen molar-refractivity contribution in [1.29, 1.82) is 0 Å². The third kappa shape index (κ3) is 3.11. The second-order valence-electron chi connectivity index (χ2n) is 2.69. The van der Waals surface area contributed by atoms with E-state index in [2.05, 4.69) is 26.3 Å². The summed E-state index contributed by atoms with van der Waals surface area (Å²) in [5.41, 5.74) is 0.789. The second-order valence-corrected chi connectivity index (χ2v) is 2.69. The first kappa shape index (κ1) is 11.4. The summed E-state index contributed by atoms with van der Waals surface area (Å²) in [7, 11) is 0. The molecule has 70 valence electrons. The fourth-order valence-corrected chi connectivity index (χ4v) is 0.975. The number of hydrogen-bond donors (Lipinski definition) is 1. The normalized spacial score (nSPS) is 11.4. The summed E-state index contributed by atoms with van der Waals surface area (Å²) < 4.78 is 0. The van der Waals surface area contributed by atoms with Gasteiger partial charge >= 0.3 is 5.97 Å². The lowest BCUT2D eigenvalue weighted by Gasteiger charge is -2.14. The topological polar surface area (TPSA) is 37.3 Å². The van der Waals surface area contributed by atoms with Gasteiger partial charge in [0.05, 0.1) is 0 Å². The Balaban J connectivity index is 4.68. The molecule has 0 aliphatic rings. The summed E-state index contributed by atoms with van der Waals surface area (Å²) in [6.07, 6.45) is 3.71. The number of carbonyl (C=O) groups is 1. The van der Waals surface area contributed by atoms with Crippen molar-refractivity contribution >= 4 is 5.97 Å². The number of aliphatic carboxylic acids is 1. The van der Waals surface area contributed by atoms with Gasteiger partial charge in [0.15, 0.2) is 0 Å². The van der Waals surface area contributed by atoms with Crippen molar-refractivity contribution in [3.63, 3.8) is 0 Å². The standard InChI is InChI=1S/C11H14O2/c1-5-7-10(8(3)6-2)9(4)11(12)13/h5-6,10H,1-4,7H2,(H,12,13). The van der Waals surface area contributed by atoms with Crippen molar-refractivity contribution < 1.29 is 9.90 Å². The zero-order valence-electron chi connectivity index (χ0n) is 7.62. The van der Waals surface area contributed by atoms with Crippen LogP contribution in [0.2, 0.25) is 0 Å². The SMILES string of the molecule is C=CCC(C(=C)C=C)C(=C)C(=O)O. The van der Waals surface area contributed by atoms with Gasteiger partial charge in [-0.25, -0.2) is 4.79 Å². The molecular formula is C11H14O2. The van der Waals surface area contributed by atoms with Crippen molar-refractivity contribution in [3.05, 3.63) is 49.6 Å². The zero-order valence-corrected chi connectivity index (χ0v) is 7.62. The van der Waals surface area contributed by atoms with E-state index in [0.717, 1.165) is 0 Å². The predicted molar refractivity (Wildman–Crippen MR) is 54.4 cm³/mol. The molecule has 0 saturated carbocycles. The van der Waals surface area contributed by atoms with E-state index in [4.69, 9.17) is 5.11 Å². The molecular weight excluding hydrogens is 164 g/mol. The molecule has 1 atom stereocenters. The molecule has 1 unspecified atom stereocenters. The van der Waals surface area contributed by atoms with Crippen LogP contribution in [-0.4, -0.2) is 11.1 Å². The average Bonchev–Trinajstić information content (AvgIpc) is 2.11. The van der Waals surface area contributed by atoms with Crippen molar-refractivity contribution in [1.82, 2.24) is 0 Å². The van der Waals surface area contributed by atoms with E-state index in [0.29, 0.717) is 12.0 Å². The third-order valence-corrected chi connectivity index (χ3v) is 1.81. The number of hydrogen-bond acceptors (Lipinski definition) is 1. The maximum Gasteiger partial charge on any atom is 0.331 e. The van der Waals surface area contributed by atoms with Gasteiger partial charge in [-0.15, -0.1) is 6.58 Å². The molecule has 0 aromatic rings. The lowest BCUT2D eigenvalue weighted by Crippen LogP contribution is -2.12. The summed E-state index contributed by atoms with van der Waals surface area (Å²) in [5, 5.41) is 8.71. The Morgan fingerprint density at radius 3 is 2.23 bits per heavy atom. The predicted octanol–water partition coefficient (Wildman–Crippen LogP) is 2.56. The highest BCUT2D eigenvalue weighted by Gasteiger charge is 2.18. The fourth-order valence-electron chi connectivity index (χ4n) is 0.975. The van der Waals surface area contributed by atoms with Gasteiger partial charge in [0.2, 0.25) is 0 Å². The van der Waals surface area contributed by atoms with Crippen molar-refractivity contribution in [2.24, 2.45) is 5.92 Å². The van der Waals surface area contributed by atoms with Gasteiger partial charge in [-0.3, -0.25) is 0 Å². The van der Waals surface area contributed by atoms with Crippen LogP contribution in [0.1, 0.15) is 6.42 Å². The van der Waals surface area contributed by atoms with Crippen LogP contribution in [-0.2, 0) is 4.79 Å². The summed E-state index contributed by atoms with van der Waals surface area (Å²) in [6.45, 7) is 14.3. The minimum atomic E-state index is -1.00. The molecule has 0 aromatic heterocycles. The monoisotopic (exact) mass is 178 g/mol. The number of carboxylic acid groups (broad SMARTS) is 1. The van der Waals surface area contributed by atoms with Crippen LogP contribution in [0.25, 0.3) is 0 Å². The molecule has 13 heavy (non-hydrogen) atoms. The number of allylic oxidation sites excluding steroid dienone is 3. The molecule has 0 amide bonds. The molecule has 2 nitrogen and oxygen atoms in total. The first-order valence-corrected chi connectivity index (χ1v) is 3.88. The Morgan fingerprint density at radius 1 is 1.38 bits per heavy atom. The van der Waals surface area contributed by atoms with Crippen LogP contribution in [0, 0.1) is 5.92 Å². The minimum absolute atomic E-state index is 0.129. The minimum Gasteiger partial charge on any atom is -0.478 e. The van der Waals surface area contributed by atoms with Crippen LogP contribution in [0.5, 0.6) is 0 Å². The zero-order chi connectivity index (χ0) is 10.4. The first-order chi connectivity index (χ1) is 6.04.